The van der Waals surface area contributed by atoms with Gasteiger partial charge in [0.1, 0.15) is 0 Å². The van der Waals surface area contributed by atoms with Crippen molar-refractivity contribution < 1.29 is 9.59 Å². The number of hydrogen-bond donors (Lipinski definition) is 1. The Morgan fingerprint density at radius 1 is 1.40 bits per heavy atom. The third-order valence-corrected chi connectivity index (χ3v) is 4.21. The minimum atomic E-state index is -0.222. The van der Waals surface area contributed by atoms with Crippen LogP contribution >= 0.6 is 23.5 Å². The topological polar surface area (TPSA) is 84.3 Å². The molecule has 6 nitrogen and oxygen atoms in total. The average Bonchev–Trinajstić information content (AvgIpc) is 2.64. The lowest BCUT2D eigenvalue weighted by atomic mass is 10.4. The standard InChI is InChI=1S/C12H14N4O2S2/c1-6-4-7(2)14-11(13-6)19-5-9(17)15-12-16-10(18)8(3)20-12/h4,8H,5H2,1-3H3,(H,15,16,17,18)/t8-/m1/s1. The molecular formula is C12H14N4O2S2. The maximum atomic E-state index is 11.8. The molecule has 2 heterocycles. The third kappa shape index (κ3) is 4.04. The summed E-state index contributed by atoms with van der Waals surface area (Å²) in [6.07, 6.45) is 0. The molecule has 1 N–H and O–H groups in total. The van der Waals surface area contributed by atoms with Gasteiger partial charge in [0.2, 0.25) is 5.91 Å². The number of carbonyl (C=O) groups excluding carboxylic acids is 2. The number of hydrogen-bond acceptors (Lipinski definition) is 6. The third-order valence-electron chi connectivity index (χ3n) is 2.39. The molecule has 0 saturated heterocycles. The van der Waals surface area contributed by atoms with Crippen LogP contribution < -0.4 is 5.32 Å². The van der Waals surface area contributed by atoms with Gasteiger partial charge in [-0.3, -0.25) is 9.59 Å². The first-order chi connectivity index (χ1) is 9.44. The Morgan fingerprint density at radius 3 is 2.60 bits per heavy atom. The van der Waals surface area contributed by atoms with E-state index in [9.17, 15) is 9.59 Å². The molecule has 2 amide bonds. The summed E-state index contributed by atoms with van der Waals surface area (Å²) in [6.45, 7) is 5.53. The molecule has 0 aromatic carbocycles. The summed E-state index contributed by atoms with van der Waals surface area (Å²) in [6, 6.07) is 1.88. The molecule has 1 aromatic rings. The highest BCUT2D eigenvalue weighted by atomic mass is 32.2. The molecule has 0 spiro atoms. The van der Waals surface area contributed by atoms with E-state index in [4.69, 9.17) is 0 Å². The van der Waals surface area contributed by atoms with Crippen molar-refractivity contribution in [3.63, 3.8) is 0 Å². The zero-order valence-electron chi connectivity index (χ0n) is 11.3. The Balaban J connectivity index is 1.86. The highest BCUT2D eigenvalue weighted by Crippen LogP contribution is 2.20. The molecular weight excluding hydrogens is 296 g/mol. The molecule has 106 valence electrons. The van der Waals surface area contributed by atoms with Crippen LogP contribution in [0.15, 0.2) is 16.2 Å². The second-order valence-corrected chi connectivity index (χ2v) is 6.56. The van der Waals surface area contributed by atoms with Crippen LogP contribution in [-0.4, -0.2) is 38.0 Å². The van der Waals surface area contributed by atoms with Crippen LogP contribution in [0.2, 0.25) is 0 Å². The number of amides is 2. The number of aryl methyl sites for hydroxylation is 2. The molecule has 1 aliphatic heterocycles. The monoisotopic (exact) mass is 310 g/mol. The Kier molecular flexibility index (Phi) is 4.77. The molecule has 0 unspecified atom stereocenters. The molecule has 0 fully saturated rings. The number of thioether (sulfide) groups is 2. The van der Waals surface area contributed by atoms with Gasteiger partial charge in [0, 0.05) is 11.4 Å². The lowest BCUT2D eigenvalue weighted by Crippen LogP contribution is -2.29. The average molecular weight is 310 g/mol. The fraction of sp³-hybridized carbons (Fsp3) is 0.417. The lowest BCUT2D eigenvalue weighted by molar-refractivity contribution is -0.117. The van der Waals surface area contributed by atoms with Gasteiger partial charge in [-0.1, -0.05) is 23.5 Å². The van der Waals surface area contributed by atoms with Crippen LogP contribution in [0.4, 0.5) is 0 Å². The van der Waals surface area contributed by atoms with Gasteiger partial charge in [0.25, 0.3) is 5.91 Å². The molecule has 1 atom stereocenters. The molecule has 8 heteroatoms. The predicted octanol–water partition coefficient (Wildman–Crippen LogP) is 1.32. The van der Waals surface area contributed by atoms with E-state index < -0.39 is 0 Å². The van der Waals surface area contributed by atoms with Crippen molar-refractivity contribution in [1.82, 2.24) is 15.3 Å². The first-order valence-corrected chi connectivity index (χ1v) is 7.84. The minimum absolute atomic E-state index is 0.186. The SMILES string of the molecule is Cc1cc(C)nc(SCC(=O)NC2=NC(=O)[C@@H](C)S2)n1. The van der Waals surface area contributed by atoms with Crippen molar-refractivity contribution in [3.05, 3.63) is 17.5 Å². The smallest absolute Gasteiger partial charge is 0.261 e. The van der Waals surface area contributed by atoms with Crippen LogP contribution in [-0.2, 0) is 9.59 Å². The van der Waals surface area contributed by atoms with Crippen molar-refractivity contribution >= 4 is 40.5 Å². The molecule has 0 radical (unpaired) electrons. The highest BCUT2D eigenvalue weighted by molar-refractivity contribution is 8.15. The fourth-order valence-corrected chi connectivity index (χ4v) is 3.09. The van der Waals surface area contributed by atoms with Crippen molar-refractivity contribution in [2.75, 3.05) is 5.75 Å². The van der Waals surface area contributed by atoms with E-state index in [2.05, 4.69) is 20.3 Å². The summed E-state index contributed by atoms with van der Waals surface area (Å²) in [7, 11) is 0. The van der Waals surface area contributed by atoms with Gasteiger partial charge in [0.05, 0.1) is 11.0 Å². The highest BCUT2D eigenvalue weighted by Gasteiger charge is 2.25. The number of nitrogens with one attached hydrogen (secondary N) is 1. The van der Waals surface area contributed by atoms with Crippen LogP contribution in [0.5, 0.6) is 0 Å². The largest absolute Gasteiger partial charge is 0.304 e. The van der Waals surface area contributed by atoms with Gasteiger partial charge in [-0.05, 0) is 26.8 Å². The quantitative estimate of drug-likeness (QED) is 0.669. The van der Waals surface area contributed by atoms with Crippen molar-refractivity contribution in [2.45, 2.75) is 31.2 Å². The van der Waals surface area contributed by atoms with E-state index in [1.54, 1.807) is 6.92 Å². The summed E-state index contributed by atoms with van der Waals surface area (Å²) in [4.78, 5) is 35.2. The maximum absolute atomic E-state index is 11.8. The van der Waals surface area contributed by atoms with E-state index in [-0.39, 0.29) is 22.8 Å². The minimum Gasteiger partial charge on any atom is -0.304 e. The van der Waals surface area contributed by atoms with Crippen LogP contribution in [0, 0.1) is 13.8 Å². The van der Waals surface area contributed by atoms with Gasteiger partial charge in [-0.15, -0.1) is 0 Å². The van der Waals surface area contributed by atoms with Gasteiger partial charge in [0.15, 0.2) is 10.3 Å². The second-order valence-electron chi connectivity index (χ2n) is 4.29. The predicted molar refractivity (Wildman–Crippen MR) is 79.9 cm³/mol. The van der Waals surface area contributed by atoms with Crippen molar-refractivity contribution in [3.8, 4) is 0 Å². The normalized spacial score (nSPS) is 18.1. The number of amidine groups is 1. The number of rotatable bonds is 3. The maximum Gasteiger partial charge on any atom is 0.261 e. The Hall–Kier alpha value is -1.41. The molecule has 1 aromatic heterocycles. The van der Waals surface area contributed by atoms with E-state index in [0.717, 1.165) is 11.4 Å². The van der Waals surface area contributed by atoms with Gasteiger partial charge < -0.3 is 5.32 Å². The van der Waals surface area contributed by atoms with Crippen LogP contribution in [0.25, 0.3) is 0 Å². The van der Waals surface area contributed by atoms with Crippen molar-refractivity contribution in [1.29, 1.82) is 0 Å². The van der Waals surface area contributed by atoms with E-state index in [1.807, 2.05) is 19.9 Å². The summed E-state index contributed by atoms with van der Waals surface area (Å²) in [5, 5.41) is 3.34. The van der Waals surface area contributed by atoms with Gasteiger partial charge >= 0.3 is 0 Å². The summed E-state index contributed by atoms with van der Waals surface area (Å²) >= 11 is 2.51. The Labute approximate surface area is 125 Å². The lowest BCUT2D eigenvalue weighted by Gasteiger charge is -2.04. The zero-order chi connectivity index (χ0) is 14.7. The van der Waals surface area contributed by atoms with Gasteiger partial charge in [-0.2, -0.15) is 4.99 Å². The molecule has 0 bridgehead atoms. The molecule has 20 heavy (non-hydrogen) atoms. The summed E-state index contributed by atoms with van der Waals surface area (Å²) in [5.74, 6) is -0.244. The van der Waals surface area contributed by atoms with Crippen LogP contribution in [0.1, 0.15) is 18.3 Å². The molecule has 2 rings (SSSR count). The fourth-order valence-electron chi connectivity index (χ4n) is 1.54. The number of aliphatic imine (C=N–C) groups is 1. The first kappa shape index (κ1) is 15.0. The second kappa shape index (κ2) is 6.36. The Bertz CT molecular complexity index is 569. The summed E-state index contributed by atoms with van der Waals surface area (Å²) < 4.78 is 0. The van der Waals surface area contributed by atoms with Crippen LogP contribution in [0.3, 0.4) is 0 Å². The number of aromatic nitrogens is 2. The first-order valence-electron chi connectivity index (χ1n) is 5.98. The van der Waals surface area contributed by atoms with Crippen molar-refractivity contribution in [2.24, 2.45) is 4.99 Å². The Morgan fingerprint density at radius 2 is 2.05 bits per heavy atom. The number of nitrogens with zero attached hydrogens (tertiary/aromatic N) is 3. The number of carbonyl (C=O) groups is 2. The molecule has 0 aliphatic carbocycles. The summed E-state index contributed by atoms with van der Waals surface area (Å²) in [5.41, 5.74) is 1.74. The zero-order valence-corrected chi connectivity index (χ0v) is 13.0. The van der Waals surface area contributed by atoms with Gasteiger partial charge in [-0.25, -0.2) is 9.97 Å². The molecule has 0 saturated carbocycles. The van der Waals surface area contributed by atoms with E-state index >= 15 is 0 Å². The van der Waals surface area contributed by atoms with E-state index in [1.165, 1.54) is 23.5 Å². The molecule has 1 aliphatic rings. The van der Waals surface area contributed by atoms with E-state index in [0.29, 0.717) is 10.3 Å².